The third-order valence-electron chi connectivity index (χ3n) is 4.68. The topological polar surface area (TPSA) is 82.6 Å². The fourth-order valence-electron chi connectivity index (χ4n) is 3.26. The molecule has 0 spiro atoms. The smallest absolute Gasteiger partial charge is 0.255 e. The Labute approximate surface area is 169 Å². The number of aryl methyl sites for hydroxylation is 2. The van der Waals surface area contributed by atoms with Gasteiger partial charge in [-0.15, -0.1) is 0 Å². The minimum atomic E-state index is -0.478. The van der Waals surface area contributed by atoms with Crippen molar-refractivity contribution in [1.82, 2.24) is 10.6 Å². The van der Waals surface area contributed by atoms with Gasteiger partial charge in [0.25, 0.3) is 5.91 Å². The van der Waals surface area contributed by atoms with E-state index in [1.54, 1.807) is 12.1 Å². The van der Waals surface area contributed by atoms with E-state index < -0.39 is 6.04 Å². The van der Waals surface area contributed by atoms with Crippen LogP contribution in [0, 0.1) is 13.8 Å². The Morgan fingerprint density at radius 1 is 1.18 bits per heavy atom. The second-order valence-corrected chi connectivity index (χ2v) is 7.18. The average Bonchev–Trinajstić information content (AvgIpc) is 2.63. The lowest BCUT2D eigenvalue weighted by Crippen LogP contribution is -2.45. The van der Waals surface area contributed by atoms with E-state index in [4.69, 9.17) is 17.0 Å². The van der Waals surface area contributed by atoms with Gasteiger partial charge in [0.05, 0.1) is 18.7 Å². The molecule has 28 heavy (non-hydrogen) atoms. The summed E-state index contributed by atoms with van der Waals surface area (Å²) < 4.78 is 5.21. The van der Waals surface area contributed by atoms with Crippen molar-refractivity contribution < 1.29 is 14.6 Å². The maximum Gasteiger partial charge on any atom is 0.255 e. The number of amides is 1. The van der Waals surface area contributed by atoms with Crippen LogP contribution in [0.2, 0.25) is 0 Å². The fourth-order valence-corrected chi connectivity index (χ4v) is 3.53. The molecule has 0 saturated carbocycles. The maximum atomic E-state index is 13.2. The quantitative estimate of drug-likeness (QED) is 0.592. The number of nitrogens with one attached hydrogen (secondary N) is 3. The Balaban J connectivity index is 1.98. The third-order valence-corrected chi connectivity index (χ3v) is 4.90. The van der Waals surface area contributed by atoms with Crippen molar-refractivity contribution in [1.29, 1.82) is 0 Å². The molecule has 1 heterocycles. The van der Waals surface area contributed by atoms with Crippen molar-refractivity contribution >= 4 is 28.9 Å². The highest BCUT2D eigenvalue weighted by Crippen LogP contribution is 2.34. The minimum absolute atomic E-state index is 0.0322. The molecule has 1 aliphatic heterocycles. The van der Waals surface area contributed by atoms with Crippen LogP contribution in [0.1, 0.15) is 29.7 Å². The van der Waals surface area contributed by atoms with Gasteiger partial charge in [-0.3, -0.25) is 4.79 Å². The summed E-state index contributed by atoms with van der Waals surface area (Å²) in [6, 6.07) is 10.4. The number of carbonyl (C=O) groups excluding carboxylic acids is 1. The number of thiocarbonyl (C=S) groups is 1. The summed E-state index contributed by atoms with van der Waals surface area (Å²) in [5.74, 6) is 0.129. The Bertz CT molecular complexity index is 985. The van der Waals surface area contributed by atoms with Crippen molar-refractivity contribution in [3.05, 3.63) is 64.4 Å². The van der Waals surface area contributed by atoms with Gasteiger partial charge in [-0.2, -0.15) is 0 Å². The monoisotopic (exact) mass is 397 g/mol. The average molecular weight is 398 g/mol. The number of hydrogen-bond acceptors (Lipinski definition) is 4. The standard InChI is InChI=1S/C21H23N3O3S/c1-11-5-7-15(12(2)9-11)23-20(26)18-13(3)22-21(28)24-19(18)14-6-8-16(25)17(10-14)27-4/h5-10,19,25H,1-4H3,(H,23,26)(H2,22,24,28). The fraction of sp³-hybridized carbons (Fsp3) is 0.238. The van der Waals surface area contributed by atoms with Crippen LogP contribution in [0.15, 0.2) is 47.7 Å². The van der Waals surface area contributed by atoms with Crippen LogP contribution in [0.25, 0.3) is 0 Å². The maximum absolute atomic E-state index is 13.2. The van der Waals surface area contributed by atoms with E-state index in [1.807, 2.05) is 39.0 Å². The molecule has 146 valence electrons. The normalized spacial score (nSPS) is 16.3. The molecule has 0 bridgehead atoms. The number of hydrogen-bond donors (Lipinski definition) is 4. The Kier molecular flexibility index (Phi) is 5.56. The number of benzene rings is 2. The molecule has 0 saturated heterocycles. The Hall–Kier alpha value is -3.06. The number of rotatable bonds is 4. The molecule has 0 fully saturated rings. The zero-order valence-electron chi connectivity index (χ0n) is 16.2. The van der Waals surface area contributed by atoms with Crippen LogP contribution in [0.3, 0.4) is 0 Å². The van der Waals surface area contributed by atoms with E-state index in [2.05, 4.69) is 16.0 Å². The zero-order valence-corrected chi connectivity index (χ0v) is 17.0. The molecule has 1 aliphatic rings. The molecule has 1 amide bonds. The molecule has 6 nitrogen and oxygen atoms in total. The largest absolute Gasteiger partial charge is 0.504 e. The number of allylic oxidation sites excluding steroid dienone is 1. The van der Waals surface area contributed by atoms with Gasteiger partial charge in [0, 0.05) is 11.4 Å². The van der Waals surface area contributed by atoms with E-state index in [1.165, 1.54) is 13.2 Å². The summed E-state index contributed by atoms with van der Waals surface area (Å²) in [6.07, 6.45) is 0. The molecule has 0 aliphatic carbocycles. The van der Waals surface area contributed by atoms with Gasteiger partial charge in [0.2, 0.25) is 0 Å². The van der Waals surface area contributed by atoms with Crippen molar-refractivity contribution in [3.8, 4) is 11.5 Å². The molecule has 0 radical (unpaired) electrons. The summed E-state index contributed by atoms with van der Waals surface area (Å²) in [7, 11) is 1.48. The predicted molar refractivity (Wildman–Crippen MR) is 114 cm³/mol. The van der Waals surface area contributed by atoms with Gasteiger partial charge in [0.15, 0.2) is 16.6 Å². The van der Waals surface area contributed by atoms with Gasteiger partial charge < -0.3 is 25.8 Å². The van der Waals surface area contributed by atoms with Gasteiger partial charge in [0.1, 0.15) is 0 Å². The lowest BCUT2D eigenvalue weighted by atomic mass is 9.94. The highest BCUT2D eigenvalue weighted by atomic mass is 32.1. The zero-order chi connectivity index (χ0) is 20.4. The van der Waals surface area contributed by atoms with Gasteiger partial charge in [-0.1, -0.05) is 23.8 Å². The first-order chi connectivity index (χ1) is 13.3. The summed E-state index contributed by atoms with van der Waals surface area (Å²) in [6.45, 7) is 5.78. The number of carbonyl (C=O) groups is 1. The molecule has 2 aromatic carbocycles. The lowest BCUT2D eigenvalue weighted by Gasteiger charge is -2.30. The first kappa shape index (κ1) is 19.7. The van der Waals surface area contributed by atoms with E-state index in [9.17, 15) is 9.90 Å². The van der Waals surface area contributed by atoms with Crippen LogP contribution < -0.4 is 20.7 Å². The van der Waals surface area contributed by atoms with Crippen molar-refractivity contribution in [2.24, 2.45) is 0 Å². The molecule has 2 aromatic rings. The van der Waals surface area contributed by atoms with Crippen molar-refractivity contribution in [3.63, 3.8) is 0 Å². The van der Waals surface area contributed by atoms with Crippen LogP contribution in [0.5, 0.6) is 11.5 Å². The molecule has 3 rings (SSSR count). The number of methoxy groups -OCH3 is 1. The van der Waals surface area contributed by atoms with Crippen LogP contribution in [0.4, 0.5) is 5.69 Å². The van der Waals surface area contributed by atoms with E-state index in [0.29, 0.717) is 22.1 Å². The highest BCUT2D eigenvalue weighted by Gasteiger charge is 2.30. The molecule has 1 atom stereocenters. The number of phenolic OH excluding ortho intramolecular Hbond substituents is 1. The molecule has 1 unspecified atom stereocenters. The molecule has 7 heteroatoms. The molecule has 0 aromatic heterocycles. The van der Waals surface area contributed by atoms with Gasteiger partial charge in [-0.05, 0) is 62.3 Å². The minimum Gasteiger partial charge on any atom is -0.504 e. The number of aromatic hydroxyl groups is 1. The number of ether oxygens (including phenoxy) is 1. The van der Waals surface area contributed by atoms with Gasteiger partial charge >= 0.3 is 0 Å². The van der Waals surface area contributed by atoms with E-state index >= 15 is 0 Å². The summed E-state index contributed by atoms with van der Waals surface area (Å²) in [5.41, 5.74) is 4.81. The molecule has 4 N–H and O–H groups in total. The van der Waals surface area contributed by atoms with Crippen LogP contribution >= 0.6 is 12.2 Å². The summed E-state index contributed by atoms with van der Waals surface area (Å²) in [5, 5.41) is 19.5. The highest BCUT2D eigenvalue weighted by molar-refractivity contribution is 7.80. The summed E-state index contributed by atoms with van der Waals surface area (Å²) in [4.78, 5) is 13.2. The third kappa shape index (κ3) is 3.94. The lowest BCUT2D eigenvalue weighted by molar-refractivity contribution is -0.113. The van der Waals surface area contributed by atoms with Gasteiger partial charge in [-0.25, -0.2) is 0 Å². The summed E-state index contributed by atoms with van der Waals surface area (Å²) >= 11 is 5.28. The SMILES string of the molecule is COc1cc(C2NC(=S)NC(C)=C2C(=O)Nc2ccc(C)cc2C)ccc1O. The van der Waals surface area contributed by atoms with E-state index in [0.717, 1.165) is 22.4 Å². The second-order valence-electron chi connectivity index (χ2n) is 6.77. The number of phenols is 1. The first-order valence-corrected chi connectivity index (χ1v) is 9.24. The van der Waals surface area contributed by atoms with Crippen LogP contribution in [-0.4, -0.2) is 23.2 Å². The Morgan fingerprint density at radius 2 is 1.93 bits per heavy atom. The Morgan fingerprint density at radius 3 is 2.61 bits per heavy atom. The predicted octanol–water partition coefficient (Wildman–Crippen LogP) is 3.45. The number of anilines is 1. The van der Waals surface area contributed by atoms with Crippen LogP contribution in [-0.2, 0) is 4.79 Å². The molecular formula is C21H23N3O3S. The molecular weight excluding hydrogens is 374 g/mol. The van der Waals surface area contributed by atoms with E-state index in [-0.39, 0.29) is 11.7 Å². The second kappa shape index (κ2) is 7.90. The first-order valence-electron chi connectivity index (χ1n) is 8.84. The van der Waals surface area contributed by atoms with Crippen molar-refractivity contribution in [2.45, 2.75) is 26.8 Å². The van der Waals surface area contributed by atoms with Crippen molar-refractivity contribution in [2.75, 3.05) is 12.4 Å².